The Kier molecular flexibility index (Phi) is 4.83. The first-order valence-corrected chi connectivity index (χ1v) is 6.32. The predicted octanol–water partition coefficient (Wildman–Crippen LogP) is 2.92. The number of nitrogens with one attached hydrogen (secondary N) is 1. The van der Waals surface area contributed by atoms with E-state index in [1.807, 2.05) is 0 Å². The van der Waals surface area contributed by atoms with Crippen molar-refractivity contribution in [2.45, 2.75) is 6.42 Å². The lowest BCUT2D eigenvalue weighted by Gasteiger charge is -2.06. The summed E-state index contributed by atoms with van der Waals surface area (Å²) in [7, 11) is 0. The number of amides is 1. The molecule has 0 aliphatic carbocycles. The van der Waals surface area contributed by atoms with Crippen molar-refractivity contribution in [1.29, 1.82) is 0 Å². The van der Waals surface area contributed by atoms with Gasteiger partial charge in [0.25, 0.3) is 5.91 Å². The Labute approximate surface area is 121 Å². The Balaban J connectivity index is 2.24. The molecule has 4 nitrogen and oxygen atoms in total. The van der Waals surface area contributed by atoms with Crippen molar-refractivity contribution in [3.63, 3.8) is 0 Å². The van der Waals surface area contributed by atoms with Crippen molar-refractivity contribution < 1.29 is 14.3 Å². The highest BCUT2D eigenvalue weighted by molar-refractivity contribution is 6.31. The Morgan fingerprint density at radius 3 is 2.95 bits per heavy atom. The number of carbonyl (C=O) groups excluding carboxylic acids is 1. The van der Waals surface area contributed by atoms with Gasteiger partial charge in [-0.2, -0.15) is 0 Å². The lowest BCUT2D eigenvalue weighted by molar-refractivity contribution is 0.0996. The third kappa shape index (κ3) is 3.64. The Morgan fingerprint density at radius 2 is 2.25 bits per heavy atom. The third-order valence-corrected chi connectivity index (χ3v) is 2.67. The average Bonchev–Trinajstić information content (AvgIpc) is 2.95. The van der Waals surface area contributed by atoms with Gasteiger partial charge in [0.05, 0.1) is 18.6 Å². The van der Waals surface area contributed by atoms with E-state index in [9.17, 15) is 4.79 Å². The fourth-order valence-corrected chi connectivity index (χ4v) is 1.71. The molecule has 0 radical (unpaired) electrons. The van der Waals surface area contributed by atoms with Crippen molar-refractivity contribution >= 4 is 23.2 Å². The van der Waals surface area contributed by atoms with Crippen LogP contribution in [0, 0.1) is 11.8 Å². The molecular formula is C15H12ClNO3. The minimum absolute atomic E-state index is 0.00528. The smallest absolute Gasteiger partial charge is 0.291 e. The van der Waals surface area contributed by atoms with E-state index in [1.165, 1.54) is 6.26 Å². The zero-order chi connectivity index (χ0) is 14.4. The zero-order valence-corrected chi connectivity index (χ0v) is 11.3. The molecule has 2 N–H and O–H groups in total. The number of rotatable bonds is 3. The molecule has 0 bridgehead atoms. The number of hydrogen-bond acceptors (Lipinski definition) is 3. The van der Waals surface area contributed by atoms with Crippen LogP contribution in [0.5, 0.6) is 0 Å². The van der Waals surface area contributed by atoms with Crippen LogP contribution >= 0.6 is 11.6 Å². The molecule has 0 spiro atoms. The summed E-state index contributed by atoms with van der Waals surface area (Å²) >= 11 is 5.92. The van der Waals surface area contributed by atoms with Crippen molar-refractivity contribution in [3.8, 4) is 11.8 Å². The maximum atomic E-state index is 11.9. The van der Waals surface area contributed by atoms with Gasteiger partial charge in [-0.1, -0.05) is 23.4 Å². The molecular weight excluding hydrogens is 278 g/mol. The van der Waals surface area contributed by atoms with E-state index in [1.54, 1.807) is 30.3 Å². The van der Waals surface area contributed by atoms with Crippen LogP contribution in [0.25, 0.3) is 0 Å². The second-order valence-corrected chi connectivity index (χ2v) is 4.33. The first-order valence-electron chi connectivity index (χ1n) is 5.95. The van der Waals surface area contributed by atoms with Crippen LogP contribution in [-0.2, 0) is 0 Å². The highest BCUT2D eigenvalue weighted by Crippen LogP contribution is 2.21. The van der Waals surface area contributed by atoms with Crippen molar-refractivity contribution in [1.82, 2.24) is 0 Å². The predicted molar refractivity (Wildman–Crippen MR) is 76.7 cm³/mol. The summed E-state index contributed by atoms with van der Waals surface area (Å²) in [6.45, 7) is -0.00528. The van der Waals surface area contributed by atoms with Gasteiger partial charge < -0.3 is 14.8 Å². The summed E-state index contributed by atoms with van der Waals surface area (Å²) in [5.41, 5.74) is 1.13. The van der Waals surface area contributed by atoms with Crippen molar-refractivity contribution in [2.24, 2.45) is 0 Å². The minimum Gasteiger partial charge on any atom is -0.459 e. The standard InChI is InChI=1S/C15H12ClNO3/c16-12-7-6-11(4-1-2-8-18)13(10-12)17-15(19)14-5-3-9-20-14/h3,5-7,9-10,18H,2,8H2,(H,17,19). The molecule has 0 aliphatic rings. The van der Waals surface area contributed by atoms with Crippen molar-refractivity contribution in [2.75, 3.05) is 11.9 Å². The van der Waals surface area contributed by atoms with E-state index in [0.29, 0.717) is 22.7 Å². The van der Waals surface area contributed by atoms with Gasteiger partial charge in [0, 0.05) is 17.0 Å². The number of carbonyl (C=O) groups is 1. The second kappa shape index (κ2) is 6.80. The Bertz CT molecular complexity index is 653. The SMILES string of the molecule is O=C(Nc1cc(Cl)ccc1C#CCCO)c1ccco1. The average molecular weight is 290 g/mol. The summed E-state index contributed by atoms with van der Waals surface area (Å²) in [5, 5.41) is 11.9. The van der Waals surface area contributed by atoms with E-state index in [-0.39, 0.29) is 18.3 Å². The largest absolute Gasteiger partial charge is 0.459 e. The quantitative estimate of drug-likeness (QED) is 0.854. The molecule has 1 aromatic heterocycles. The van der Waals surface area contributed by atoms with Gasteiger partial charge >= 0.3 is 0 Å². The van der Waals surface area contributed by atoms with E-state index < -0.39 is 0 Å². The van der Waals surface area contributed by atoms with E-state index in [2.05, 4.69) is 17.2 Å². The first-order chi connectivity index (χ1) is 9.70. The van der Waals surface area contributed by atoms with Gasteiger partial charge in [0.2, 0.25) is 0 Å². The molecule has 20 heavy (non-hydrogen) atoms. The van der Waals surface area contributed by atoms with Gasteiger partial charge in [0.1, 0.15) is 0 Å². The number of furan rings is 1. The fraction of sp³-hybridized carbons (Fsp3) is 0.133. The molecule has 0 saturated carbocycles. The number of aliphatic hydroxyl groups is 1. The van der Waals surface area contributed by atoms with Crippen LogP contribution in [0.15, 0.2) is 41.0 Å². The van der Waals surface area contributed by atoms with Crippen LogP contribution < -0.4 is 5.32 Å². The molecule has 0 atom stereocenters. The summed E-state index contributed by atoms with van der Waals surface area (Å²) in [4.78, 5) is 11.9. The van der Waals surface area contributed by atoms with Gasteiger partial charge in [-0.3, -0.25) is 4.79 Å². The summed E-state index contributed by atoms with van der Waals surface area (Å²) in [5.74, 6) is 5.51. The van der Waals surface area contributed by atoms with Gasteiger partial charge in [-0.25, -0.2) is 0 Å². The highest BCUT2D eigenvalue weighted by Gasteiger charge is 2.11. The first kappa shape index (κ1) is 14.2. The number of aliphatic hydroxyl groups excluding tert-OH is 1. The minimum atomic E-state index is -0.373. The Morgan fingerprint density at radius 1 is 1.40 bits per heavy atom. The van der Waals surface area contributed by atoms with Crippen molar-refractivity contribution in [3.05, 3.63) is 52.9 Å². The number of halogens is 1. The monoisotopic (exact) mass is 289 g/mol. The van der Waals surface area contributed by atoms with Crippen LogP contribution in [0.2, 0.25) is 5.02 Å². The molecule has 0 aliphatic heterocycles. The van der Waals surface area contributed by atoms with Gasteiger partial charge in [-0.05, 0) is 30.3 Å². The molecule has 2 rings (SSSR count). The molecule has 1 heterocycles. The van der Waals surface area contributed by atoms with Crippen LogP contribution in [0.1, 0.15) is 22.5 Å². The van der Waals surface area contributed by atoms with Gasteiger partial charge in [0.15, 0.2) is 5.76 Å². The summed E-state index contributed by atoms with van der Waals surface area (Å²) < 4.78 is 5.02. The highest BCUT2D eigenvalue weighted by atomic mass is 35.5. The summed E-state index contributed by atoms with van der Waals surface area (Å²) in [6, 6.07) is 8.22. The topological polar surface area (TPSA) is 62.5 Å². The van der Waals surface area contributed by atoms with Crippen LogP contribution in [0.3, 0.4) is 0 Å². The maximum Gasteiger partial charge on any atom is 0.291 e. The number of hydrogen-bond donors (Lipinski definition) is 2. The van der Waals surface area contributed by atoms with E-state index in [0.717, 1.165) is 0 Å². The molecule has 2 aromatic rings. The maximum absolute atomic E-state index is 11.9. The normalized spacial score (nSPS) is 9.70. The molecule has 5 heteroatoms. The molecule has 1 aromatic carbocycles. The Hall–Kier alpha value is -2.22. The van der Waals surface area contributed by atoms with Crippen LogP contribution in [0.4, 0.5) is 5.69 Å². The van der Waals surface area contributed by atoms with E-state index in [4.69, 9.17) is 21.1 Å². The fourth-order valence-electron chi connectivity index (χ4n) is 1.53. The summed E-state index contributed by atoms with van der Waals surface area (Å²) in [6.07, 6.45) is 1.79. The molecule has 1 amide bonds. The molecule has 102 valence electrons. The third-order valence-electron chi connectivity index (χ3n) is 2.43. The van der Waals surface area contributed by atoms with Gasteiger partial charge in [-0.15, -0.1) is 0 Å². The number of anilines is 1. The lowest BCUT2D eigenvalue weighted by atomic mass is 10.1. The molecule has 0 saturated heterocycles. The lowest BCUT2D eigenvalue weighted by Crippen LogP contribution is -2.11. The van der Waals surface area contributed by atoms with Crippen LogP contribution in [-0.4, -0.2) is 17.6 Å². The number of benzene rings is 1. The zero-order valence-electron chi connectivity index (χ0n) is 10.5. The van der Waals surface area contributed by atoms with E-state index >= 15 is 0 Å². The molecule has 0 unspecified atom stereocenters. The molecule has 0 fully saturated rings. The second-order valence-electron chi connectivity index (χ2n) is 3.90.